The Morgan fingerprint density at radius 2 is 1.89 bits per heavy atom. The monoisotopic (exact) mass is 270 g/mol. The average molecular weight is 270 g/mol. The van der Waals surface area contributed by atoms with E-state index in [9.17, 15) is 9.90 Å². The third kappa shape index (κ3) is 2.90. The molecule has 0 amide bonds. The van der Waals surface area contributed by atoms with E-state index in [1.54, 1.807) is 25.2 Å². The number of nitrogens with one attached hydrogen (secondary N) is 1. The van der Waals surface area contributed by atoms with Crippen molar-refractivity contribution < 1.29 is 9.90 Å². The number of hydrogen-bond donors (Lipinski definition) is 2. The van der Waals surface area contributed by atoms with Crippen molar-refractivity contribution in [3.05, 3.63) is 15.6 Å². The molecule has 0 fully saturated rings. The van der Waals surface area contributed by atoms with Crippen molar-refractivity contribution in [2.45, 2.75) is 53.6 Å². The van der Waals surface area contributed by atoms with E-state index in [4.69, 9.17) is 0 Å². The zero-order valence-corrected chi connectivity index (χ0v) is 12.7. The molecule has 5 heteroatoms. The summed E-state index contributed by atoms with van der Waals surface area (Å²) in [7, 11) is 0. The minimum Gasteiger partial charge on any atom is -0.481 e. The first-order valence-electron chi connectivity index (χ1n) is 5.99. The van der Waals surface area contributed by atoms with E-state index in [1.807, 2.05) is 27.7 Å². The summed E-state index contributed by atoms with van der Waals surface area (Å²) in [5, 5.41) is 13.6. The molecule has 0 radical (unpaired) electrons. The number of carbonyl (C=O) groups is 1. The summed E-state index contributed by atoms with van der Waals surface area (Å²) in [4.78, 5) is 16.9. The highest BCUT2D eigenvalue weighted by atomic mass is 32.1. The lowest BCUT2D eigenvalue weighted by Gasteiger charge is -2.38. The van der Waals surface area contributed by atoms with Crippen molar-refractivity contribution >= 4 is 17.3 Å². The second-order valence-corrected chi connectivity index (χ2v) is 6.95. The number of aromatic nitrogens is 1. The number of carboxylic acids is 1. The summed E-state index contributed by atoms with van der Waals surface area (Å²) < 4.78 is 0. The van der Waals surface area contributed by atoms with Crippen LogP contribution >= 0.6 is 11.3 Å². The molecule has 102 valence electrons. The van der Waals surface area contributed by atoms with Crippen LogP contribution < -0.4 is 5.32 Å². The van der Waals surface area contributed by atoms with Gasteiger partial charge in [0.25, 0.3) is 0 Å². The molecule has 1 aromatic heterocycles. The van der Waals surface area contributed by atoms with Gasteiger partial charge in [-0.2, -0.15) is 0 Å². The number of hydrogen-bond acceptors (Lipinski definition) is 4. The Bertz CT molecular complexity index is 430. The molecular formula is C13H22N2O2S. The van der Waals surface area contributed by atoms with Crippen LogP contribution in [0.1, 0.15) is 43.3 Å². The van der Waals surface area contributed by atoms with Gasteiger partial charge in [0.15, 0.2) is 0 Å². The number of aryl methyl sites for hydroxylation is 2. The van der Waals surface area contributed by atoms with E-state index in [-0.39, 0.29) is 0 Å². The van der Waals surface area contributed by atoms with Crippen LogP contribution in [0.3, 0.4) is 0 Å². The molecule has 1 rings (SSSR count). The molecule has 0 aliphatic rings. The third-order valence-electron chi connectivity index (χ3n) is 3.85. The van der Waals surface area contributed by atoms with Crippen molar-refractivity contribution in [3.63, 3.8) is 0 Å². The van der Waals surface area contributed by atoms with Crippen LogP contribution in [0.5, 0.6) is 0 Å². The standard InChI is InChI=1S/C13H22N2O2S/c1-8-9(2)18-10(15-8)7-14-13(5,6)12(3,4)11(16)17/h14H,7H2,1-6H3,(H,16,17). The minimum absolute atomic E-state index is 0.508. The minimum atomic E-state index is -0.839. The molecule has 0 aromatic carbocycles. The van der Waals surface area contributed by atoms with Crippen LogP contribution in [0.2, 0.25) is 0 Å². The summed E-state index contributed by atoms with van der Waals surface area (Å²) in [6.07, 6.45) is 0. The maximum Gasteiger partial charge on any atom is 0.310 e. The fourth-order valence-electron chi connectivity index (χ4n) is 1.40. The molecule has 0 unspecified atom stereocenters. The Hall–Kier alpha value is -0.940. The van der Waals surface area contributed by atoms with Gasteiger partial charge in [0.1, 0.15) is 5.01 Å². The number of carboxylic acid groups (broad SMARTS) is 1. The smallest absolute Gasteiger partial charge is 0.310 e. The molecule has 0 aliphatic heterocycles. The van der Waals surface area contributed by atoms with Gasteiger partial charge >= 0.3 is 5.97 Å². The van der Waals surface area contributed by atoms with Crippen LogP contribution in [0.15, 0.2) is 0 Å². The Balaban J connectivity index is 2.75. The van der Waals surface area contributed by atoms with Crippen LogP contribution in [0, 0.1) is 19.3 Å². The van der Waals surface area contributed by atoms with Gasteiger partial charge in [0.2, 0.25) is 0 Å². The fraction of sp³-hybridized carbons (Fsp3) is 0.692. The van der Waals surface area contributed by atoms with Gasteiger partial charge in [0.05, 0.1) is 11.1 Å². The maximum atomic E-state index is 11.3. The molecule has 1 heterocycles. The van der Waals surface area contributed by atoms with Crippen molar-refractivity contribution in [1.29, 1.82) is 0 Å². The number of nitrogens with zero attached hydrogens (tertiary/aromatic N) is 1. The SMILES string of the molecule is Cc1nc(CNC(C)(C)C(C)(C)C(=O)O)sc1C. The molecule has 0 atom stereocenters. The molecule has 4 nitrogen and oxygen atoms in total. The largest absolute Gasteiger partial charge is 0.481 e. The lowest BCUT2D eigenvalue weighted by atomic mass is 9.74. The van der Waals surface area contributed by atoms with E-state index < -0.39 is 16.9 Å². The van der Waals surface area contributed by atoms with Gasteiger partial charge < -0.3 is 10.4 Å². The Kier molecular flexibility index (Phi) is 4.18. The van der Waals surface area contributed by atoms with Crippen LogP contribution in [-0.2, 0) is 11.3 Å². The molecule has 1 aromatic rings. The van der Waals surface area contributed by atoms with Gasteiger partial charge in [-0.15, -0.1) is 11.3 Å². The third-order valence-corrected chi connectivity index (χ3v) is 4.92. The topological polar surface area (TPSA) is 62.2 Å². The first-order valence-corrected chi connectivity index (χ1v) is 6.81. The van der Waals surface area contributed by atoms with Gasteiger partial charge in [0, 0.05) is 17.0 Å². The number of thiazole rings is 1. The fourth-order valence-corrected chi connectivity index (χ4v) is 2.27. The first kappa shape index (κ1) is 15.1. The Morgan fingerprint density at radius 1 is 1.33 bits per heavy atom. The summed E-state index contributed by atoms with van der Waals surface area (Å²) >= 11 is 1.65. The quantitative estimate of drug-likeness (QED) is 0.863. The van der Waals surface area contributed by atoms with E-state index in [1.165, 1.54) is 4.88 Å². The molecular weight excluding hydrogens is 248 g/mol. The molecule has 2 N–H and O–H groups in total. The predicted octanol–water partition coefficient (Wildman–Crippen LogP) is 2.74. The maximum absolute atomic E-state index is 11.3. The second kappa shape index (κ2) is 4.97. The first-order chi connectivity index (χ1) is 8.08. The molecule has 18 heavy (non-hydrogen) atoms. The predicted molar refractivity (Wildman–Crippen MR) is 73.9 cm³/mol. The highest BCUT2D eigenvalue weighted by Gasteiger charge is 2.43. The summed E-state index contributed by atoms with van der Waals surface area (Å²) in [6, 6.07) is 0. The average Bonchev–Trinajstić information content (AvgIpc) is 2.55. The van der Waals surface area contributed by atoms with Gasteiger partial charge in [-0.3, -0.25) is 4.79 Å². The van der Waals surface area contributed by atoms with Crippen molar-refractivity contribution in [2.24, 2.45) is 5.41 Å². The van der Waals surface area contributed by atoms with Gasteiger partial charge in [-0.25, -0.2) is 4.98 Å². The highest BCUT2D eigenvalue weighted by molar-refractivity contribution is 7.11. The molecule has 0 spiro atoms. The second-order valence-electron chi connectivity index (χ2n) is 5.66. The lowest BCUT2D eigenvalue weighted by Crippen LogP contribution is -2.54. The summed E-state index contributed by atoms with van der Waals surface area (Å²) in [6.45, 7) is 11.9. The zero-order chi connectivity index (χ0) is 14.1. The van der Waals surface area contributed by atoms with Crippen molar-refractivity contribution in [3.8, 4) is 0 Å². The van der Waals surface area contributed by atoms with Crippen LogP contribution in [-0.4, -0.2) is 21.6 Å². The van der Waals surface area contributed by atoms with Gasteiger partial charge in [-0.05, 0) is 41.5 Å². The molecule has 0 saturated carbocycles. The zero-order valence-electron chi connectivity index (χ0n) is 11.9. The van der Waals surface area contributed by atoms with Crippen molar-refractivity contribution in [1.82, 2.24) is 10.3 Å². The molecule has 0 bridgehead atoms. The molecule has 0 saturated heterocycles. The highest BCUT2D eigenvalue weighted by Crippen LogP contribution is 2.31. The number of aliphatic carboxylic acids is 1. The van der Waals surface area contributed by atoms with E-state index in [2.05, 4.69) is 10.3 Å². The lowest BCUT2D eigenvalue weighted by molar-refractivity contribution is -0.151. The Morgan fingerprint density at radius 3 is 2.28 bits per heavy atom. The van der Waals surface area contributed by atoms with E-state index in [0.29, 0.717) is 6.54 Å². The number of rotatable bonds is 5. The molecule has 0 aliphatic carbocycles. The van der Waals surface area contributed by atoms with Gasteiger partial charge in [-0.1, -0.05) is 0 Å². The van der Waals surface area contributed by atoms with E-state index in [0.717, 1.165) is 10.7 Å². The van der Waals surface area contributed by atoms with Crippen LogP contribution in [0.4, 0.5) is 0 Å². The van der Waals surface area contributed by atoms with Crippen LogP contribution in [0.25, 0.3) is 0 Å². The summed E-state index contributed by atoms with van der Waals surface area (Å²) in [5.74, 6) is -0.800. The van der Waals surface area contributed by atoms with Crippen molar-refractivity contribution in [2.75, 3.05) is 0 Å². The Labute approximate surface area is 112 Å². The van der Waals surface area contributed by atoms with E-state index >= 15 is 0 Å². The normalized spacial score (nSPS) is 12.8. The summed E-state index contributed by atoms with van der Waals surface area (Å²) in [5.41, 5.74) is -0.298.